The average molecular weight is 404 g/mol. The van der Waals surface area contributed by atoms with E-state index in [1.807, 2.05) is 36.4 Å². The molecule has 0 saturated heterocycles. The minimum Gasteiger partial charge on any atom is -0.497 e. The molecule has 0 aromatic heterocycles. The highest BCUT2D eigenvalue weighted by Crippen LogP contribution is 2.24. The number of rotatable bonds is 8. The first-order valence-electron chi connectivity index (χ1n) is 9.56. The van der Waals surface area contributed by atoms with Crippen molar-refractivity contribution in [2.24, 2.45) is 0 Å². The van der Waals surface area contributed by atoms with Crippen molar-refractivity contribution in [3.05, 3.63) is 83.9 Å². The highest BCUT2D eigenvalue weighted by molar-refractivity contribution is 5.97. The molecule has 3 aromatic rings. The summed E-state index contributed by atoms with van der Waals surface area (Å²) in [6, 6.07) is 22.1. The van der Waals surface area contributed by atoms with Crippen molar-refractivity contribution in [2.75, 3.05) is 27.3 Å². The fourth-order valence-electron chi connectivity index (χ4n) is 3.00. The van der Waals surface area contributed by atoms with Gasteiger partial charge in [0.15, 0.2) is 0 Å². The second kappa shape index (κ2) is 10.1. The molecule has 0 saturated carbocycles. The van der Waals surface area contributed by atoms with E-state index in [2.05, 4.69) is 10.6 Å². The van der Waals surface area contributed by atoms with Crippen LogP contribution in [0.4, 0.5) is 0 Å². The number of carbonyl (C=O) groups excluding carboxylic acids is 2. The smallest absolute Gasteiger partial charge is 0.255 e. The van der Waals surface area contributed by atoms with Gasteiger partial charge in [-0.2, -0.15) is 0 Å². The monoisotopic (exact) mass is 404 g/mol. The Balaban J connectivity index is 1.51. The molecule has 154 valence electrons. The van der Waals surface area contributed by atoms with Gasteiger partial charge in [-0.25, -0.2) is 0 Å². The van der Waals surface area contributed by atoms with Crippen molar-refractivity contribution >= 4 is 11.8 Å². The van der Waals surface area contributed by atoms with E-state index < -0.39 is 0 Å². The molecule has 0 radical (unpaired) electrons. The van der Waals surface area contributed by atoms with Gasteiger partial charge in [-0.1, -0.05) is 36.4 Å². The summed E-state index contributed by atoms with van der Waals surface area (Å²) in [5.41, 5.74) is 3.02. The molecule has 3 rings (SSSR count). The fourth-order valence-corrected chi connectivity index (χ4v) is 3.00. The summed E-state index contributed by atoms with van der Waals surface area (Å²) in [6.45, 7) is 0.627. The Hall–Kier alpha value is -3.80. The molecule has 0 atom stereocenters. The Morgan fingerprint density at radius 1 is 0.733 bits per heavy atom. The maximum Gasteiger partial charge on any atom is 0.255 e. The van der Waals surface area contributed by atoms with Crippen molar-refractivity contribution in [3.8, 4) is 22.6 Å². The molecular weight excluding hydrogens is 380 g/mol. The minimum atomic E-state index is -0.246. The summed E-state index contributed by atoms with van der Waals surface area (Å²) in [4.78, 5) is 24.6. The summed E-state index contributed by atoms with van der Waals surface area (Å²) in [5, 5.41) is 5.58. The molecule has 2 N–H and O–H groups in total. The molecule has 0 heterocycles. The Morgan fingerprint density at radius 2 is 1.43 bits per heavy atom. The van der Waals surface area contributed by atoms with Crippen molar-refractivity contribution < 1.29 is 19.1 Å². The van der Waals surface area contributed by atoms with Crippen LogP contribution in [-0.4, -0.2) is 39.1 Å². The second-order valence-corrected chi connectivity index (χ2v) is 6.52. The number of methoxy groups -OCH3 is 2. The lowest BCUT2D eigenvalue weighted by Crippen LogP contribution is -2.34. The topological polar surface area (TPSA) is 76.7 Å². The number of amides is 2. The van der Waals surface area contributed by atoms with Crippen LogP contribution in [0.5, 0.6) is 11.5 Å². The summed E-state index contributed by atoms with van der Waals surface area (Å²) in [5.74, 6) is 0.850. The highest BCUT2D eigenvalue weighted by Gasteiger charge is 2.11. The summed E-state index contributed by atoms with van der Waals surface area (Å²) >= 11 is 0. The Kier molecular flexibility index (Phi) is 7.05. The van der Waals surface area contributed by atoms with Crippen LogP contribution in [0.25, 0.3) is 11.1 Å². The van der Waals surface area contributed by atoms with Crippen molar-refractivity contribution in [3.63, 3.8) is 0 Å². The lowest BCUT2D eigenvalue weighted by atomic mass is 10.0. The highest BCUT2D eigenvalue weighted by atomic mass is 16.5. The zero-order valence-electron chi connectivity index (χ0n) is 17.0. The minimum absolute atomic E-state index is 0.196. The summed E-state index contributed by atoms with van der Waals surface area (Å²) < 4.78 is 10.4. The Bertz CT molecular complexity index is 1020. The van der Waals surface area contributed by atoms with E-state index in [1.54, 1.807) is 43.5 Å². The van der Waals surface area contributed by atoms with Crippen LogP contribution in [0.15, 0.2) is 72.8 Å². The molecule has 30 heavy (non-hydrogen) atoms. The van der Waals surface area contributed by atoms with E-state index in [0.29, 0.717) is 30.0 Å². The molecule has 0 aliphatic carbocycles. The predicted molar refractivity (Wildman–Crippen MR) is 116 cm³/mol. The molecule has 0 aliphatic rings. The summed E-state index contributed by atoms with van der Waals surface area (Å²) in [6.07, 6.45) is 0. The number of nitrogens with one attached hydrogen (secondary N) is 2. The quantitative estimate of drug-likeness (QED) is 0.563. The van der Waals surface area contributed by atoms with Crippen LogP contribution in [0.2, 0.25) is 0 Å². The van der Waals surface area contributed by atoms with Crippen LogP contribution < -0.4 is 20.1 Å². The van der Waals surface area contributed by atoms with Crippen LogP contribution in [-0.2, 0) is 0 Å². The number of hydrogen-bond acceptors (Lipinski definition) is 4. The van der Waals surface area contributed by atoms with E-state index in [1.165, 1.54) is 7.11 Å². The van der Waals surface area contributed by atoms with E-state index >= 15 is 0 Å². The first-order chi connectivity index (χ1) is 14.6. The fraction of sp³-hybridized carbons (Fsp3) is 0.167. The van der Waals surface area contributed by atoms with E-state index in [-0.39, 0.29) is 11.8 Å². The van der Waals surface area contributed by atoms with Crippen LogP contribution >= 0.6 is 0 Å². The molecular formula is C24H24N2O4. The van der Waals surface area contributed by atoms with Crippen LogP contribution in [0.1, 0.15) is 20.7 Å². The lowest BCUT2D eigenvalue weighted by Gasteiger charge is -2.10. The normalized spacial score (nSPS) is 10.2. The van der Waals surface area contributed by atoms with Gasteiger partial charge in [0.25, 0.3) is 11.8 Å². The van der Waals surface area contributed by atoms with E-state index in [0.717, 1.165) is 16.9 Å². The van der Waals surface area contributed by atoms with Gasteiger partial charge in [0.2, 0.25) is 0 Å². The van der Waals surface area contributed by atoms with Gasteiger partial charge < -0.3 is 20.1 Å². The van der Waals surface area contributed by atoms with E-state index in [4.69, 9.17) is 9.47 Å². The average Bonchev–Trinajstić information content (AvgIpc) is 2.81. The molecule has 0 unspecified atom stereocenters. The first kappa shape index (κ1) is 20.9. The van der Waals surface area contributed by atoms with Crippen molar-refractivity contribution in [2.45, 2.75) is 0 Å². The van der Waals surface area contributed by atoms with Gasteiger partial charge in [0, 0.05) is 18.7 Å². The molecule has 0 spiro atoms. The van der Waals surface area contributed by atoms with Gasteiger partial charge in [-0.15, -0.1) is 0 Å². The lowest BCUT2D eigenvalue weighted by molar-refractivity contribution is 0.0926. The standard InChI is InChI=1S/C24H24N2O4/c1-29-20-7-5-6-19(16-20)17-10-12-18(13-11-17)23(27)25-14-15-26-24(28)21-8-3-4-9-22(21)30-2/h3-13,16H,14-15H2,1-2H3,(H,25,27)(H,26,28). The largest absolute Gasteiger partial charge is 0.497 e. The van der Waals surface area contributed by atoms with Crippen molar-refractivity contribution in [1.82, 2.24) is 10.6 Å². The first-order valence-corrected chi connectivity index (χ1v) is 9.56. The molecule has 3 aromatic carbocycles. The third kappa shape index (κ3) is 5.17. The zero-order chi connectivity index (χ0) is 21.3. The van der Waals surface area contributed by atoms with E-state index in [9.17, 15) is 9.59 Å². The number of carbonyl (C=O) groups is 2. The van der Waals surface area contributed by atoms with Gasteiger partial charge in [-0.3, -0.25) is 9.59 Å². The maximum atomic E-state index is 12.3. The number of benzene rings is 3. The third-order valence-electron chi connectivity index (χ3n) is 4.60. The number of ether oxygens (including phenoxy) is 2. The Labute approximate surface area is 175 Å². The second-order valence-electron chi connectivity index (χ2n) is 6.52. The predicted octanol–water partition coefficient (Wildman–Crippen LogP) is 3.53. The molecule has 0 aliphatic heterocycles. The molecule has 2 amide bonds. The number of hydrogen-bond donors (Lipinski definition) is 2. The van der Waals surface area contributed by atoms with Crippen LogP contribution in [0.3, 0.4) is 0 Å². The van der Waals surface area contributed by atoms with Crippen molar-refractivity contribution in [1.29, 1.82) is 0 Å². The van der Waals surface area contributed by atoms with Gasteiger partial charge in [0.1, 0.15) is 11.5 Å². The SMILES string of the molecule is COc1cccc(-c2ccc(C(=O)NCCNC(=O)c3ccccc3OC)cc2)c1. The molecule has 0 fully saturated rings. The summed E-state index contributed by atoms with van der Waals surface area (Å²) in [7, 11) is 3.15. The Morgan fingerprint density at radius 3 is 2.13 bits per heavy atom. The van der Waals surface area contributed by atoms with Gasteiger partial charge >= 0.3 is 0 Å². The van der Waals surface area contributed by atoms with Gasteiger partial charge in [-0.05, 0) is 47.5 Å². The third-order valence-corrected chi connectivity index (χ3v) is 4.60. The maximum absolute atomic E-state index is 12.3. The molecule has 0 bridgehead atoms. The van der Waals surface area contributed by atoms with Gasteiger partial charge in [0.05, 0.1) is 19.8 Å². The number of para-hydroxylation sites is 1. The van der Waals surface area contributed by atoms with Crippen LogP contribution in [0, 0.1) is 0 Å². The zero-order valence-corrected chi connectivity index (χ0v) is 17.0. The molecule has 6 nitrogen and oxygen atoms in total. The molecule has 6 heteroatoms.